The van der Waals surface area contributed by atoms with Crippen molar-refractivity contribution in [1.29, 1.82) is 0 Å². The molecule has 9 heteroatoms. The van der Waals surface area contributed by atoms with Crippen LogP contribution in [-0.4, -0.2) is 51.3 Å². The fourth-order valence-corrected chi connectivity index (χ4v) is 4.98. The molecule has 0 aliphatic carbocycles. The minimum atomic E-state index is -0.0271. The maximum atomic E-state index is 5.55. The summed E-state index contributed by atoms with van der Waals surface area (Å²) in [4.78, 5) is 17.6. The molecule has 3 aromatic heterocycles. The van der Waals surface area contributed by atoms with Gasteiger partial charge in [0.15, 0.2) is 0 Å². The number of morpholine rings is 1. The molecule has 7 nitrogen and oxygen atoms in total. The van der Waals surface area contributed by atoms with E-state index in [9.17, 15) is 0 Å². The van der Waals surface area contributed by atoms with E-state index in [1.54, 1.807) is 23.1 Å². The first-order chi connectivity index (χ1) is 14.8. The monoisotopic (exact) mass is 439 g/mol. The van der Waals surface area contributed by atoms with Crippen LogP contribution in [0.15, 0.2) is 51.3 Å². The van der Waals surface area contributed by atoms with Crippen LogP contribution in [0.4, 0.5) is 0 Å². The second kappa shape index (κ2) is 8.81. The Bertz CT molecular complexity index is 1130. The van der Waals surface area contributed by atoms with Gasteiger partial charge in [-0.1, -0.05) is 41.2 Å². The van der Waals surface area contributed by atoms with Crippen LogP contribution < -0.4 is 0 Å². The fourth-order valence-electron chi connectivity index (χ4n) is 3.34. The molecule has 1 saturated heterocycles. The van der Waals surface area contributed by atoms with E-state index < -0.39 is 0 Å². The normalized spacial score (nSPS) is 16.2. The standard InChI is InChI=1S/C21H21N5O2S2/c1-14(20-24-19(25-28-20)17-7-4-12-29-17)30-21-15-5-2-3-6-16(15)22-18(23-21)13-26-8-10-27-11-9-26/h2-7,12,14H,8-11,13H2,1H3. The molecular formula is C21H21N5O2S2. The van der Waals surface area contributed by atoms with Crippen molar-refractivity contribution in [2.45, 2.75) is 23.7 Å². The molecule has 1 atom stereocenters. The lowest BCUT2D eigenvalue weighted by atomic mass is 10.2. The summed E-state index contributed by atoms with van der Waals surface area (Å²) in [5, 5.41) is 8.09. The van der Waals surface area contributed by atoms with Crippen LogP contribution in [0, 0.1) is 0 Å². The molecule has 5 rings (SSSR count). The van der Waals surface area contributed by atoms with Crippen LogP contribution in [0.1, 0.15) is 23.9 Å². The van der Waals surface area contributed by atoms with Crippen molar-refractivity contribution >= 4 is 34.0 Å². The molecule has 0 spiro atoms. The van der Waals surface area contributed by atoms with Gasteiger partial charge in [0.05, 0.1) is 35.4 Å². The molecule has 4 heterocycles. The van der Waals surface area contributed by atoms with Crippen molar-refractivity contribution < 1.29 is 9.26 Å². The number of ether oxygens (including phenoxy) is 1. The lowest BCUT2D eigenvalue weighted by Crippen LogP contribution is -2.36. The van der Waals surface area contributed by atoms with Crippen molar-refractivity contribution in [1.82, 2.24) is 25.0 Å². The smallest absolute Gasteiger partial charge is 0.240 e. The number of nitrogens with zero attached hydrogens (tertiary/aromatic N) is 5. The summed E-state index contributed by atoms with van der Waals surface area (Å²) in [6.07, 6.45) is 0. The Hall–Kier alpha value is -2.33. The molecule has 1 aromatic carbocycles. The fraction of sp³-hybridized carbons (Fsp3) is 0.333. The van der Waals surface area contributed by atoms with Crippen molar-refractivity contribution in [2.75, 3.05) is 26.3 Å². The number of benzene rings is 1. The molecule has 0 N–H and O–H groups in total. The second-order valence-electron chi connectivity index (χ2n) is 7.04. The van der Waals surface area contributed by atoms with Gasteiger partial charge in [0.2, 0.25) is 11.7 Å². The summed E-state index contributed by atoms with van der Waals surface area (Å²) in [6.45, 7) is 6.12. The van der Waals surface area contributed by atoms with Gasteiger partial charge in [0.25, 0.3) is 0 Å². The van der Waals surface area contributed by atoms with Gasteiger partial charge in [-0.05, 0) is 24.4 Å². The lowest BCUT2D eigenvalue weighted by molar-refractivity contribution is 0.0330. The molecule has 30 heavy (non-hydrogen) atoms. The third-order valence-electron chi connectivity index (χ3n) is 4.90. The van der Waals surface area contributed by atoms with E-state index in [-0.39, 0.29) is 5.25 Å². The van der Waals surface area contributed by atoms with Gasteiger partial charge in [0.1, 0.15) is 10.9 Å². The number of rotatable bonds is 6. The summed E-state index contributed by atoms with van der Waals surface area (Å²) >= 11 is 3.23. The van der Waals surface area contributed by atoms with Crippen LogP contribution in [0.25, 0.3) is 21.6 Å². The summed E-state index contributed by atoms with van der Waals surface area (Å²) < 4.78 is 11.0. The van der Waals surface area contributed by atoms with Crippen molar-refractivity contribution in [3.05, 3.63) is 53.5 Å². The van der Waals surface area contributed by atoms with Gasteiger partial charge < -0.3 is 9.26 Å². The predicted molar refractivity (Wildman–Crippen MR) is 118 cm³/mol. The predicted octanol–water partition coefficient (Wildman–Crippen LogP) is 4.43. The van der Waals surface area contributed by atoms with Crippen molar-refractivity contribution in [3.63, 3.8) is 0 Å². The third kappa shape index (κ3) is 4.24. The number of fused-ring (bicyclic) bond motifs is 1. The minimum Gasteiger partial charge on any atom is -0.379 e. The maximum absolute atomic E-state index is 5.55. The van der Waals surface area contributed by atoms with Gasteiger partial charge in [-0.25, -0.2) is 9.97 Å². The molecule has 0 radical (unpaired) electrons. The molecule has 154 valence electrons. The Kier molecular flexibility index (Phi) is 5.76. The Morgan fingerprint density at radius 2 is 1.97 bits per heavy atom. The van der Waals surface area contributed by atoms with E-state index >= 15 is 0 Å². The first kappa shape index (κ1) is 19.6. The maximum Gasteiger partial charge on any atom is 0.240 e. The van der Waals surface area contributed by atoms with Crippen molar-refractivity contribution in [3.8, 4) is 10.7 Å². The van der Waals surface area contributed by atoms with E-state index in [1.165, 1.54) is 0 Å². The summed E-state index contributed by atoms with van der Waals surface area (Å²) in [5.41, 5.74) is 0.954. The Labute approximate surface area is 182 Å². The molecule has 1 aliphatic heterocycles. The zero-order chi connectivity index (χ0) is 20.3. The minimum absolute atomic E-state index is 0.0271. The molecule has 0 saturated carbocycles. The van der Waals surface area contributed by atoms with Crippen LogP contribution in [-0.2, 0) is 11.3 Å². The number of para-hydroxylation sites is 1. The van der Waals surface area contributed by atoms with E-state index in [4.69, 9.17) is 19.2 Å². The summed E-state index contributed by atoms with van der Waals surface area (Å²) in [7, 11) is 0. The van der Waals surface area contributed by atoms with Gasteiger partial charge in [0, 0.05) is 18.5 Å². The van der Waals surface area contributed by atoms with E-state index in [0.717, 1.165) is 59.5 Å². The third-order valence-corrected chi connectivity index (χ3v) is 6.86. The zero-order valence-corrected chi connectivity index (χ0v) is 18.2. The number of hydrogen-bond acceptors (Lipinski definition) is 9. The molecule has 1 fully saturated rings. The highest BCUT2D eigenvalue weighted by Crippen LogP contribution is 2.37. The average Bonchev–Trinajstić information content (AvgIpc) is 3.46. The number of thioether (sulfide) groups is 1. The molecule has 0 bridgehead atoms. The van der Waals surface area contributed by atoms with Gasteiger partial charge >= 0.3 is 0 Å². The van der Waals surface area contributed by atoms with E-state index in [0.29, 0.717) is 11.7 Å². The molecular weight excluding hydrogens is 418 g/mol. The van der Waals surface area contributed by atoms with Crippen molar-refractivity contribution in [2.24, 2.45) is 0 Å². The zero-order valence-electron chi connectivity index (χ0n) is 16.5. The largest absolute Gasteiger partial charge is 0.379 e. The highest BCUT2D eigenvalue weighted by molar-refractivity contribution is 7.99. The highest BCUT2D eigenvalue weighted by Gasteiger charge is 2.20. The molecule has 4 aromatic rings. The second-order valence-corrected chi connectivity index (χ2v) is 9.32. The number of thiophene rings is 1. The Morgan fingerprint density at radius 3 is 2.80 bits per heavy atom. The Morgan fingerprint density at radius 1 is 1.10 bits per heavy atom. The molecule has 1 unspecified atom stereocenters. The van der Waals surface area contributed by atoms with Crippen LogP contribution in [0.3, 0.4) is 0 Å². The van der Waals surface area contributed by atoms with Crippen LogP contribution in [0.5, 0.6) is 0 Å². The topological polar surface area (TPSA) is 77.2 Å². The molecule has 0 amide bonds. The van der Waals surface area contributed by atoms with E-state index in [1.807, 2.05) is 35.7 Å². The van der Waals surface area contributed by atoms with Gasteiger partial charge in [-0.3, -0.25) is 4.90 Å². The number of aromatic nitrogens is 4. The molecule has 1 aliphatic rings. The highest BCUT2D eigenvalue weighted by atomic mass is 32.2. The first-order valence-electron chi connectivity index (χ1n) is 9.86. The van der Waals surface area contributed by atoms with Crippen LogP contribution >= 0.6 is 23.1 Å². The SMILES string of the molecule is CC(Sc1nc(CN2CCOCC2)nc2ccccc12)c1nc(-c2cccs2)no1. The van der Waals surface area contributed by atoms with E-state index in [2.05, 4.69) is 28.0 Å². The average molecular weight is 440 g/mol. The lowest BCUT2D eigenvalue weighted by Gasteiger charge is -2.26. The van der Waals surface area contributed by atoms with Gasteiger partial charge in [-0.2, -0.15) is 4.98 Å². The van der Waals surface area contributed by atoms with Gasteiger partial charge in [-0.15, -0.1) is 11.3 Å². The quantitative estimate of drug-likeness (QED) is 0.323. The summed E-state index contributed by atoms with van der Waals surface area (Å²) in [5.74, 6) is 2.06. The first-order valence-corrected chi connectivity index (χ1v) is 11.6. The Balaban J connectivity index is 1.41. The summed E-state index contributed by atoms with van der Waals surface area (Å²) in [6, 6.07) is 12.1. The number of hydrogen-bond donors (Lipinski definition) is 0. The van der Waals surface area contributed by atoms with Crippen LogP contribution in [0.2, 0.25) is 0 Å².